The Bertz CT molecular complexity index is 753. The highest BCUT2D eigenvalue weighted by Crippen LogP contribution is 2.32. The topological polar surface area (TPSA) is 89.5 Å². The van der Waals surface area contributed by atoms with E-state index in [1.807, 2.05) is 6.07 Å². The van der Waals surface area contributed by atoms with Crippen LogP contribution in [0.15, 0.2) is 6.07 Å². The van der Waals surface area contributed by atoms with E-state index in [1.165, 1.54) is 21.8 Å². The van der Waals surface area contributed by atoms with Crippen molar-refractivity contribution in [1.29, 1.82) is 0 Å². The van der Waals surface area contributed by atoms with Crippen LogP contribution in [-0.2, 0) is 32.2 Å². The zero-order chi connectivity index (χ0) is 17.3. The molecule has 1 saturated heterocycles. The van der Waals surface area contributed by atoms with E-state index in [-0.39, 0.29) is 24.2 Å². The minimum atomic E-state index is -3.04. The number of hydrogen-bond acceptors (Lipinski definition) is 6. The SMILES string of the molecule is C[C@H]1CCc2sc(C(=O)OCC(=O)N[C@H]3CCS(=O)(=O)C3)cc2C1. The lowest BCUT2D eigenvalue weighted by atomic mass is 9.90. The van der Waals surface area contributed by atoms with Gasteiger partial charge in [0, 0.05) is 10.9 Å². The first kappa shape index (κ1) is 17.4. The lowest BCUT2D eigenvalue weighted by Gasteiger charge is -2.16. The van der Waals surface area contributed by atoms with Gasteiger partial charge in [0.15, 0.2) is 16.4 Å². The molecule has 0 unspecified atom stereocenters. The van der Waals surface area contributed by atoms with E-state index in [4.69, 9.17) is 4.74 Å². The minimum absolute atomic E-state index is 0.0392. The maximum Gasteiger partial charge on any atom is 0.348 e. The van der Waals surface area contributed by atoms with Gasteiger partial charge in [-0.15, -0.1) is 11.3 Å². The number of esters is 1. The normalized spacial score (nSPS) is 25.0. The molecule has 0 radical (unpaired) electrons. The molecule has 1 aliphatic heterocycles. The molecule has 1 aromatic rings. The molecule has 0 saturated carbocycles. The summed E-state index contributed by atoms with van der Waals surface area (Å²) in [6.07, 6.45) is 3.52. The van der Waals surface area contributed by atoms with Gasteiger partial charge in [-0.2, -0.15) is 0 Å². The van der Waals surface area contributed by atoms with Crippen LogP contribution in [0.3, 0.4) is 0 Å². The molecule has 8 heteroatoms. The maximum absolute atomic E-state index is 12.1. The number of ether oxygens (including phenoxy) is 1. The van der Waals surface area contributed by atoms with E-state index in [9.17, 15) is 18.0 Å². The van der Waals surface area contributed by atoms with Gasteiger partial charge in [-0.05, 0) is 43.2 Å². The quantitative estimate of drug-likeness (QED) is 0.807. The van der Waals surface area contributed by atoms with Crippen molar-refractivity contribution in [2.45, 2.75) is 38.6 Å². The second-order valence-corrected chi connectivity index (χ2v) is 10.0. The van der Waals surface area contributed by atoms with Crippen LogP contribution in [0.2, 0.25) is 0 Å². The maximum atomic E-state index is 12.1. The van der Waals surface area contributed by atoms with Crippen molar-refractivity contribution in [2.75, 3.05) is 18.1 Å². The van der Waals surface area contributed by atoms with E-state index in [0.717, 1.165) is 19.3 Å². The van der Waals surface area contributed by atoms with Crippen LogP contribution in [0.5, 0.6) is 0 Å². The molecule has 1 fully saturated rings. The van der Waals surface area contributed by atoms with E-state index >= 15 is 0 Å². The minimum Gasteiger partial charge on any atom is -0.451 e. The lowest BCUT2D eigenvalue weighted by molar-refractivity contribution is -0.124. The number of carbonyl (C=O) groups is 2. The summed E-state index contributed by atoms with van der Waals surface area (Å²) in [5.41, 5.74) is 1.21. The molecule has 3 rings (SSSR count). The zero-order valence-electron chi connectivity index (χ0n) is 13.5. The molecule has 0 spiro atoms. The number of fused-ring (bicyclic) bond motifs is 1. The number of thiophene rings is 1. The third-order valence-electron chi connectivity index (χ3n) is 4.46. The molecule has 132 valence electrons. The second-order valence-electron chi connectivity index (χ2n) is 6.65. The smallest absolute Gasteiger partial charge is 0.348 e. The van der Waals surface area contributed by atoms with Crippen LogP contribution in [0.25, 0.3) is 0 Å². The summed E-state index contributed by atoms with van der Waals surface area (Å²) in [6.45, 7) is 1.82. The molecule has 1 amide bonds. The largest absolute Gasteiger partial charge is 0.451 e. The van der Waals surface area contributed by atoms with Crippen molar-refractivity contribution in [3.8, 4) is 0 Å². The summed E-state index contributed by atoms with van der Waals surface area (Å²) in [7, 11) is -3.04. The fourth-order valence-corrected chi connectivity index (χ4v) is 5.96. The fourth-order valence-electron chi connectivity index (χ4n) is 3.19. The number of aryl methyl sites for hydroxylation is 1. The lowest BCUT2D eigenvalue weighted by Crippen LogP contribution is -2.38. The highest BCUT2D eigenvalue weighted by Gasteiger charge is 2.29. The van der Waals surface area contributed by atoms with Crippen LogP contribution in [0.4, 0.5) is 0 Å². The third-order valence-corrected chi connectivity index (χ3v) is 7.45. The number of sulfone groups is 1. The molecule has 1 aromatic heterocycles. The summed E-state index contributed by atoms with van der Waals surface area (Å²) >= 11 is 1.44. The molecule has 0 bridgehead atoms. The van der Waals surface area contributed by atoms with E-state index in [0.29, 0.717) is 17.2 Å². The molecular formula is C16H21NO5S2. The van der Waals surface area contributed by atoms with Gasteiger partial charge >= 0.3 is 5.97 Å². The van der Waals surface area contributed by atoms with E-state index in [1.54, 1.807) is 0 Å². The number of rotatable bonds is 4. The molecule has 6 nitrogen and oxygen atoms in total. The van der Waals surface area contributed by atoms with Crippen LogP contribution in [0.1, 0.15) is 39.9 Å². The van der Waals surface area contributed by atoms with Gasteiger partial charge in [-0.3, -0.25) is 4.79 Å². The summed E-state index contributed by atoms with van der Waals surface area (Å²) in [4.78, 5) is 25.7. The molecule has 2 aliphatic rings. The van der Waals surface area contributed by atoms with Gasteiger partial charge < -0.3 is 10.1 Å². The van der Waals surface area contributed by atoms with E-state index in [2.05, 4.69) is 12.2 Å². The van der Waals surface area contributed by atoms with Gasteiger partial charge in [-0.1, -0.05) is 6.92 Å². The predicted molar refractivity (Wildman–Crippen MR) is 91.0 cm³/mol. The van der Waals surface area contributed by atoms with Crippen molar-refractivity contribution < 1.29 is 22.7 Å². The van der Waals surface area contributed by atoms with Crippen molar-refractivity contribution in [3.63, 3.8) is 0 Å². The first-order valence-electron chi connectivity index (χ1n) is 8.11. The van der Waals surface area contributed by atoms with Gasteiger partial charge in [0.25, 0.3) is 5.91 Å². The first-order chi connectivity index (χ1) is 11.3. The van der Waals surface area contributed by atoms with Gasteiger partial charge in [0.05, 0.1) is 11.5 Å². The molecule has 1 aliphatic carbocycles. The Kier molecular flexibility index (Phi) is 4.96. The van der Waals surface area contributed by atoms with E-state index < -0.39 is 21.7 Å². The van der Waals surface area contributed by atoms with Crippen molar-refractivity contribution >= 4 is 33.1 Å². The molecule has 2 heterocycles. The van der Waals surface area contributed by atoms with Crippen LogP contribution in [0, 0.1) is 5.92 Å². The van der Waals surface area contributed by atoms with Crippen molar-refractivity contribution in [3.05, 3.63) is 21.4 Å². The average molecular weight is 371 g/mol. The average Bonchev–Trinajstić information content (AvgIpc) is 3.07. The molecular weight excluding hydrogens is 350 g/mol. The molecule has 24 heavy (non-hydrogen) atoms. The van der Waals surface area contributed by atoms with Gasteiger partial charge in [-0.25, -0.2) is 13.2 Å². The Morgan fingerprint density at radius 2 is 2.17 bits per heavy atom. The highest BCUT2D eigenvalue weighted by atomic mass is 32.2. The van der Waals surface area contributed by atoms with Crippen molar-refractivity contribution in [1.82, 2.24) is 5.32 Å². The van der Waals surface area contributed by atoms with Crippen LogP contribution < -0.4 is 5.32 Å². The standard InChI is InChI=1S/C16H21NO5S2/c1-10-2-3-13-11(6-10)7-14(23-13)16(19)22-8-15(18)17-12-4-5-24(20,21)9-12/h7,10,12H,2-6,8-9H2,1H3,(H,17,18)/t10-,12-/m0/s1. The number of nitrogens with one attached hydrogen (secondary N) is 1. The molecule has 0 aromatic carbocycles. The second kappa shape index (κ2) is 6.84. The Morgan fingerprint density at radius 3 is 2.88 bits per heavy atom. The van der Waals surface area contributed by atoms with Crippen LogP contribution in [-0.4, -0.2) is 44.4 Å². The first-order valence-corrected chi connectivity index (χ1v) is 10.7. The zero-order valence-corrected chi connectivity index (χ0v) is 15.2. The Labute approximate surface area is 145 Å². The van der Waals surface area contributed by atoms with Gasteiger partial charge in [0.1, 0.15) is 4.88 Å². The fraction of sp³-hybridized carbons (Fsp3) is 0.625. The number of carbonyl (C=O) groups excluding carboxylic acids is 2. The Balaban J connectivity index is 1.50. The Hall–Kier alpha value is -1.41. The molecule has 2 atom stereocenters. The summed E-state index contributed by atoms with van der Waals surface area (Å²) in [5, 5.41) is 2.60. The monoisotopic (exact) mass is 371 g/mol. The summed E-state index contributed by atoms with van der Waals surface area (Å²) in [5.74, 6) is -0.263. The number of hydrogen-bond donors (Lipinski definition) is 1. The Morgan fingerprint density at radius 1 is 1.38 bits per heavy atom. The third kappa shape index (κ3) is 4.16. The molecule has 1 N–H and O–H groups in total. The highest BCUT2D eigenvalue weighted by molar-refractivity contribution is 7.91. The van der Waals surface area contributed by atoms with Gasteiger partial charge in [0.2, 0.25) is 0 Å². The van der Waals surface area contributed by atoms with Crippen molar-refractivity contribution in [2.24, 2.45) is 5.92 Å². The number of amides is 1. The van der Waals surface area contributed by atoms with Crippen LogP contribution >= 0.6 is 11.3 Å². The summed E-state index contributed by atoms with van der Waals surface area (Å²) < 4.78 is 27.8. The predicted octanol–water partition coefficient (Wildman–Crippen LogP) is 1.33. The summed E-state index contributed by atoms with van der Waals surface area (Å²) in [6, 6.07) is 1.50.